The first-order valence-corrected chi connectivity index (χ1v) is 7.24. The van der Waals surface area contributed by atoms with E-state index < -0.39 is 5.54 Å². The number of morpholine rings is 1. The molecule has 21 heavy (non-hydrogen) atoms. The molecule has 0 aromatic carbocycles. The van der Waals surface area contributed by atoms with Crippen molar-refractivity contribution < 1.29 is 19.1 Å². The van der Waals surface area contributed by atoms with E-state index in [2.05, 4.69) is 10.6 Å². The van der Waals surface area contributed by atoms with Gasteiger partial charge in [0.15, 0.2) is 0 Å². The minimum Gasteiger partial charge on any atom is -0.469 e. The molecule has 1 saturated heterocycles. The van der Waals surface area contributed by atoms with Crippen LogP contribution in [0.2, 0.25) is 0 Å². The largest absolute Gasteiger partial charge is 0.469 e. The fourth-order valence-electron chi connectivity index (χ4n) is 2.39. The summed E-state index contributed by atoms with van der Waals surface area (Å²) < 4.78 is 10.0. The second kappa shape index (κ2) is 9.97. The number of carbonyl (C=O) groups is 2. The Morgan fingerprint density at radius 1 is 1.38 bits per heavy atom. The van der Waals surface area contributed by atoms with Crippen molar-refractivity contribution in [1.29, 1.82) is 0 Å². The van der Waals surface area contributed by atoms with Crippen molar-refractivity contribution in [3.05, 3.63) is 0 Å². The van der Waals surface area contributed by atoms with Crippen molar-refractivity contribution in [1.82, 2.24) is 10.6 Å². The molecule has 0 aromatic heterocycles. The molecule has 0 spiro atoms. The lowest BCUT2D eigenvalue weighted by atomic mass is 9.88. The topological polar surface area (TPSA) is 76.7 Å². The number of methoxy groups -OCH3 is 1. The highest BCUT2D eigenvalue weighted by Crippen LogP contribution is 2.21. The Balaban J connectivity index is 0.00000400. The predicted octanol–water partition coefficient (Wildman–Crippen LogP) is 1.02. The van der Waals surface area contributed by atoms with Crippen LogP contribution in [0.4, 0.5) is 0 Å². The van der Waals surface area contributed by atoms with Gasteiger partial charge in [-0.1, -0.05) is 13.8 Å². The van der Waals surface area contributed by atoms with Crippen LogP contribution in [0.25, 0.3) is 0 Å². The van der Waals surface area contributed by atoms with E-state index in [1.165, 1.54) is 7.11 Å². The standard InChI is InChI=1S/C14H26N2O4.ClH/c1-4-14(5-2,9-13(18)19-3)16-12(17)8-11-10-20-7-6-15-11;/h11,15H,4-10H2,1-3H3,(H,16,17);1H. The van der Waals surface area contributed by atoms with Crippen LogP contribution >= 0.6 is 12.4 Å². The van der Waals surface area contributed by atoms with Crippen LogP contribution < -0.4 is 10.6 Å². The molecule has 1 unspecified atom stereocenters. The summed E-state index contributed by atoms with van der Waals surface area (Å²) in [6.07, 6.45) is 1.96. The van der Waals surface area contributed by atoms with E-state index in [4.69, 9.17) is 9.47 Å². The first-order chi connectivity index (χ1) is 9.55. The summed E-state index contributed by atoms with van der Waals surface area (Å²) in [7, 11) is 1.36. The molecule has 7 heteroatoms. The minimum absolute atomic E-state index is 0. The average molecular weight is 323 g/mol. The smallest absolute Gasteiger partial charge is 0.307 e. The van der Waals surface area contributed by atoms with Gasteiger partial charge in [0.1, 0.15) is 0 Å². The monoisotopic (exact) mass is 322 g/mol. The van der Waals surface area contributed by atoms with E-state index in [0.717, 1.165) is 6.54 Å². The molecule has 1 amide bonds. The van der Waals surface area contributed by atoms with Gasteiger partial charge in [-0.05, 0) is 12.8 Å². The van der Waals surface area contributed by atoms with Gasteiger partial charge in [-0.15, -0.1) is 12.4 Å². The van der Waals surface area contributed by atoms with Crippen LogP contribution in [0.15, 0.2) is 0 Å². The van der Waals surface area contributed by atoms with Gasteiger partial charge in [-0.25, -0.2) is 0 Å². The van der Waals surface area contributed by atoms with Crippen molar-refractivity contribution in [3.8, 4) is 0 Å². The molecule has 2 N–H and O–H groups in total. The highest BCUT2D eigenvalue weighted by Gasteiger charge is 2.32. The first kappa shape index (κ1) is 20.1. The lowest BCUT2D eigenvalue weighted by Gasteiger charge is -2.33. The maximum atomic E-state index is 12.2. The van der Waals surface area contributed by atoms with Crippen LogP contribution in [-0.2, 0) is 19.1 Å². The van der Waals surface area contributed by atoms with Gasteiger partial charge in [0.25, 0.3) is 0 Å². The molecule has 1 heterocycles. The summed E-state index contributed by atoms with van der Waals surface area (Å²) in [6.45, 7) is 5.94. The molecular formula is C14H27ClN2O4. The van der Waals surface area contributed by atoms with Crippen molar-refractivity contribution in [2.75, 3.05) is 26.9 Å². The third kappa shape index (κ3) is 6.63. The third-order valence-corrected chi connectivity index (χ3v) is 3.90. The highest BCUT2D eigenvalue weighted by atomic mass is 35.5. The summed E-state index contributed by atoms with van der Waals surface area (Å²) in [4.78, 5) is 23.7. The molecule has 6 nitrogen and oxygen atoms in total. The highest BCUT2D eigenvalue weighted by molar-refractivity contribution is 5.85. The van der Waals surface area contributed by atoms with E-state index in [0.29, 0.717) is 32.5 Å². The molecular weight excluding hydrogens is 296 g/mol. The Morgan fingerprint density at radius 3 is 2.52 bits per heavy atom. The van der Waals surface area contributed by atoms with Crippen LogP contribution in [0, 0.1) is 0 Å². The van der Waals surface area contributed by atoms with Gasteiger partial charge in [0, 0.05) is 24.5 Å². The lowest BCUT2D eigenvalue weighted by Crippen LogP contribution is -2.52. The fourth-order valence-corrected chi connectivity index (χ4v) is 2.39. The van der Waals surface area contributed by atoms with Crippen molar-refractivity contribution in [2.24, 2.45) is 0 Å². The molecule has 124 valence electrons. The SMILES string of the molecule is CCC(CC)(CC(=O)OC)NC(=O)CC1COCCN1.Cl. The van der Waals surface area contributed by atoms with Gasteiger partial charge in [0.05, 0.1) is 26.7 Å². The molecule has 0 aromatic rings. The molecule has 1 aliphatic heterocycles. The van der Waals surface area contributed by atoms with Gasteiger partial charge in [-0.3, -0.25) is 9.59 Å². The Bertz CT molecular complexity index is 329. The normalized spacial score (nSPS) is 18.5. The molecule has 1 fully saturated rings. The van der Waals surface area contributed by atoms with E-state index in [1.807, 2.05) is 13.8 Å². The molecule has 1 atom stereocenters. The van der Waals surface area contributed by atoms with Crippen molar-refractivity contribution in [3.63, 3.8) is 0 Å². The Kier molecular flexibility index (Phi) is 9.57. The quantitative estimate of drug-likeness (QED) is 0.685. The third-order valence-electron chi connectivity index (χ3n) is 3.90. The number of ether oxygens (including phenoxy) is 2. The van der Waals surface area contributed by atoms with Gasteiger partial charge >= 0.3 is 5.97 Å². The number of halogens is 1. The summed E-state index contributed by atoms with van der Waals surface area (Å²) in [5, 5.41) is 6.25. The van der Waals surface area contributed by atoms with E-state index in [9.17, 15) is 9.59 Å². The number of hydrogen-bond acceptors (Lipinski definition) is 5. The van der Waals surface area contributed by atoms with Crippen molar-refractivity contribution in [2.45, 2.75) is 51.1 Å². The zero-order chi connectivity index (χ0) is 15.0. The first-order valence-electron chi connectivity index (χ1n) is 7.24. The maximum absolute atomic E-state index is 12.2. The fraction of sp³-hybridized carbons (Fsp3) is 0.857. The number of amides is 1. The number of rotatable bonds is 7. The summed E-state index contributed by atoms with van der Waals surface area (Å²) in [6, 6.07) is 0.0493. The molecule has 1 rings (SSSR count). The summed E-state index contributed by atoms with van der Waals surface area (Å²) >= 11 is 0. The van der Waals surface area contributed by atoms with Crippen LogP contribution in [0.3, 0.4) is 0 Å². The van der Waals surface area contributed by atoms with E-state index in [1.54, 1.807) is 0 Å². The van der Waals surface area contributed by atoms with Crippen LogP contribution in [-0.4, -0.2) is 50.3 Å². The second-order valence-electron chi connectivity index (χ2n) is 5.22. The van der Waals surface area contributed by atoms with E-state index in [-0.39, 0.29) is 36.7 Å². The van der Waals surface area contributed by atoms with Gasteiger partial charge in [-0.2, -0.15) is 0 Å². The van der Waals surface area contributed by atoms with Crippen molar-refractivity contribution >= 4 is 24.3 Å². The van der Waals surface area contributed by atoms with E-state index >= 15 is 0 Å². The zero-order valence-corrected chi connectivity index (χ0v) is 13.9. The Hall–Kier alpha value is -0.850. The van der Waals surface area contributed by atoms with Gasteiger partial charge in [0.2, 0.25) is 5.91 Å². The minimum atomic E-state index is -0.514. The summed E-state index contributed by atoms with van der Waals surface area (Å²) in [5.74, 6) is -0.353. The predicted molar refractivity (Wildman–Crippen MR) is 82.6 cm³/mol. The number of esters is 1. The molecule has 0 bridgehead atoms. The number of nitrogens with one attached hydrogen (secondary N) is 2. The number of carbonyl (C=O) groups excluding carboxylic acids is 2. The molecule has 0 saturated carbocycles. The zero-order valence-electron chi connectivity index (χ0n) is 13.1. The maximum Gasteiger partial charge on any atom is 0.307 e. The molecule has 1 aliphatic rings. The second-order valence-corrected chi connectivity index (χ2v) is 5.22. The van der Waals surface area contributed by atoms with Gasteiger partial charge < -0.3 is 20.1 Å². The van der Waals surface area contributed by atoms with Crippen LogP contribution in [0.1, 0.15) is 39.5 Å². The lowest BCUT2D eigenvalue weighted by molar-refractivity contribution is -0.143. The van der Waals surface area contributed by atoms with Crippen LogP contribution in [0.5, 0.6) is 0 Å². The average Bonchev–Trinajstić information content (AvgIpc) is 2.47. The summed E-state index contributed by atoms with van der Waals surface area (Å²) in [5.41, 5.74) is -0.514. The molecule has 0 aliphatic carbocycles. The Labute approximate surface area is 132 Å². The Morgan fingerprint density at radius 2 is 2.05 bits per heavy atom. The number of hydrogen-bond donors (Lipinski definition) is 2. The molecule has 0 radical (unpaired) electrons.